The highest BCUT2D eigenvalue weighted by Crippen LogP contribution is 2.28. The van der Waals surface area contributed by atoms with Crippen LogP contribution in [0.3, 0.4) is 0 Å². The minimum Gasteiger partial charge on any atom is -0.493 e. The molecule has 1 aliphatic rings. The van der Waals surface area contributed by atoms with Crippen LogP contribution in [0, 0.1) is 0 Å². The molecule has 2 unspecified atom stereocenters. The number of ether oxygens (including phenoxy) is 4. The lowest BCUT2D eigenvalue weighted by molar-refractivity contribution is -0.166. The van der Waals surface area contributed by atoms with Gasteiger partial charge in [0.05, 0.1) is 20.8 Å². The Hall–Kier alpha value is -3.55. The van der Waals surface area contributed by atoms with Gasteiger partial charge in [-0.3, -0.25) is 9.59 Å². The average Bonchev–Trinajstić information content (AvgIpc) is 2.87. The van der Waals surface area contributed by atoms with Crippen LogP contribution >= 0.6 is 0 Å². The molecule has 2 aromatic rings. The highest BCUT2D eigenvalue weighted by molar-refractivity contribution is 5.89. The number of benzene rings is 2. The fourth-order valence-electron chi connectivity index (χ4n) is 4.05. The fourth-order valence-corrected chi connectivity index (χ4v) is 4.05. The summed E-state index contributed by atoms with van der Waals surface area (Å²) in [7, 11) is 3.13. The number of piperidine rings is 1. The Bertz CT molecular complexity index is 992. The molecule has 1 fully saturated rings. The van der Waals surface area contributed by atoms with E-state index in [2.05, 4.69) is 0 Å². The number of hydrogen-bond donors (Lipinski definition) is 0. The SMILES string of the molecule is COc1ccc(CCOC(=O)C2CCCCN2C(=O)C(OC(C)=O)c2ccccc2)cc1OC. The van der Waals surface area contributed by atoms with Crippen LogP contribution in [0.4, 0.5) is 0 Å². The van der Waals surface area contributed by atoms with Crippen molar-refractivity contribution in [2.75, 3.05) is 27.4 Å². The number of rotatable bonds is 9. The number of carbonyl (C=O) groups is 3. The van der Waals surface area contributed by atoms with Gasteiger partial charge in [0.2, 0.25) is 6.10 Å². The van der Waals surface area contributed by atoms with Crippen molar-refractivity contribution in [3.8, 4) is 11.5 Å². The molecule has 2 aromatic carbocycles. The molecule has 3 rings (SSSR count). The van der Waals surface area contributed by atoms with Gasteiger partial charge in [0.1, 0.15) is 6.04 Å². The Morgan fingerprint density at radius 3 is 2.41 bits per heavy atom. The van der Waals surface area contributed by atoms with E-state index in [4.69, 9.17) is 18.9 Å². The molecule has 1 heterocycles. The van der Waals surface area contributed by atoms with Crippen molar-refractivity contribution < 1.29 is 33.3 Å². The standard InChI is InChI=1S/C26H31NO7/c1-18(28)34-24(20-9-5-4-6-10-20)25(29)27-15-8-7-11-21(27)26(30)33-16-14-19-12-13-22(31-2)23(17-19)32-3/h4-6,9-10,12-13,17,21,24H,7-8,11,14-16H2,1-3H3. The van der Waals surface area contributed by atoms with E-state index < -0.39 is 30.0 Å². The first kappa shape index (κ1) is 25.1. The molecule has 0 aliphatic carbocycles. The van der Waals surface area contributed by atoms with Crippen molar-refractivity contribution in [1.29, 1.82) is 0 Å². The normalized spacial score (nSPS) is 16.3. The first-order valence-corrected chi connectivity index (χ1v) is 11.3. The second-order valence-corrected chi connectivity index (χ2v) is 8.05. The highest BCUT2D eigenvalue weighted by atomic mass is 16.5. The molecule has 1 amide bonds. The smallest absolute Gasteiger partial charge is 0.328 e. The summed E-state index contributed by atoms with van der Waals surface area (Å²) in [6.07, 6.45) is 1.47. The van der Waals surface area contributed by atoms with Crippen molar-refractivity contribution >= 4 is 17.8 Å². The molecule has 0 radical (unpaired) electrons. The quantitative estimate of drug-likeness (QED) is 0.519. The summed E-state index contributed by atoms with van der Waals surface area (Å²) in [5, 5.41) is 0. The molecule has 8 heteroatoms. The minimum atomic E-state index is -1.10. The van der Waals surface area contributed by atoms with E-state index in [-0.39, 0.29) is 6.61 Å². The number of hydrogen-bond acceptors (Lipinski definition) is 7. The van der Waals surface area contributed by atoms with Crippen LogP contribution in [0.2, 0.25) is 0 Å². The largest absolute Gasteiger partial charge is 0.493 e. The van der Waals surface area contributed by atoms with Crippen LogP contribution < -0.4 is 9.47 Å². The lowest BCUT2D eigenvalue weighted by Crippen LogP contribution is -2.50. The van der Waals surface area contributed by atoms with Crippen molar-refractivity contribution in [2.45, 2.75) is 44.8 Å². The fraction of sp³-hybridized carbons (Fsp3) is 0.423. The average molecular weight is 470 g/mol. The van der Waals surface area contributed by atoms with Crippen molar-refractivity contribution in [3.63, 3.8) is 0 Å². The van der Waals surface area contributed by atoms with Gasteiger partial charge >= 0.3 is 11.9 Å². The molecule has 0 aromatic heterocycles. The first-order chi connectivity index (χ1) is 16.4. The van der Waals surface area contributed by atoms with Gasteiger partial charge in [0, 0.05) is 25.5 Å². The van der Waals surface area contributed by atoms with Gasteiger partial charge in [0.15, 0.2) is 11.5 Å². The third kappa shape index (κ3) is 6.27. The van der Waals surface area contributed by atoms with E-state index in [1.54, 1.807) is 44.6 Å². The topological polar surface area (TPSA) is 91.4 Å². The Labute approximate surface area is 199 Å². The lowest BCUT2D eigenvalue weighted by atomic mass is 9.99. The summed E-state index contributed by atoms with van der Waals surface area (Å²) >= 11 is 0. The molecule has 0 N–H and O–H groups in total. The van der Waals surface area contributed by atoms with E-state index in [0.29, 0.717) is 36.4 Å². The predicted octanol–water partition coefficient (Wildman–Crippen LogP) is 3.48. The Morgan fingerprint density at radius 2 is 1.74 bits per heavy atom. The zero-order valence-electron chi connectivity index (χ0n) is 19.8. The zero-order valence-corrected chi connectivity index (χ0v) is 19.8. The Kier molecular flexibility index (Phi) is 8.90. The van der Waals surface area contributed by atoms with Crippen LogP contribution in [-0.4, -0.2) is 56.2 Å². The van der Waals surface area contributed by atoms with Gasteiger partial charge in [-0.05, 0) is 37.0 Å². The molecule has 0 bridgehead atoms. The van der Waals surface area contributed by atoms with Crippen LogP contribution in [0.1, 0.15) is 43.4 Å². The number of methoxy groups -OCH3 is 2. The monoisotopic (exact) mass is 469 g/mol. The number of amides is 1. The molecule has 182 valence electrons. The maximum absolute atomic E-state index is 13.4. The molecule has 1 saturated heterocycles. The third-order valence-electron chi connectivity index (χ3n) is 5.75. The van der Waals surface area contributed by atoms with E-state index in [9.17, 15) is 14.4 Å². The predicted molar refractivity (Wildman–Crippen MR) is 125 cm³/mol. The van der Waals surface area contributed by atoms with Gasteiger partial charge in [0.25, 0.3) is 5.91 Å². The summed E-state index contributed by atoms with van der Waals surface area (Å²) in [6.45, 7) is 1.83. The van der Waals surface area contributed by atoms with Crippen molar-refractivity contribution in [2.24, 2.45) is 0 Å². The maximum atomic E-state index is 13.4. The highest BCUT2D eigenvalue weighted by Gasteiger charge is 2.38. The van der Waals surface area contributed by atoms with E-state index in [1.807, 2.05) is 18.2 Å². The number of nitrogens with zero attached hydrogens (tertiary/aromatic N) is 1. The molecule has 8 nitrogen and oxygen atoms in total. The summed E-state index contributed by atoms with van der Waals surface area (Å²) in [6, 6.07) is 13.6. The Morgan fingerprint density at radius 1 is 1.00 bits per heavy atom. The van der Waals surface area contributed by atoms with Crippen LogP contribution in [0.5, 0.6) is 11.5 Å². The number of esters is 2. The summed E-state index contributed by atoms with van der Waals surface area (Å²) in [5.41, 5.74) is 1.50. The second kappa shape index (κ2) is 12.1. The summed E-state index contributed by atoms with van der Waals surface area (Å²) in [4.78, 5) is 39.5. The molecular weight excluding hydrogens is 438 g/mol. The molecular formula is C26H31NO7. The summed E-state index contributed by atoms with van der Waals surface area (Å²) < 4.78 is 21.5. The van der Waals surface area contributed by atoms with Gasteiger partial charge in [-0.2, -0.15) is 0 Å². The van der Waals surface area contributed by atoms with E-state index in [0.717, 1.165) is 18.4 Å². The van der Waals surface area contributed by atoms with Gasteiger partial charge in [-0.1, -0.05) is 36.4 Å². The molecule has 1 aliphatic heterocycles. The van der Waals surface area contributed by atoms with Gasteiger partial charge in [-0.25, -0.2) is 4.79 Å². The Balaban J connectivity index is 1.67. The number of likely N-dealkylation sites (tertiary alicyclic amines) is 1. The third-order valence-corrected chi connectivity index (χ3v) is 5.75. The maximum Gasteiger partial charge on any atom is 0.328 e. The van der Waals surface area contributed by atoms with Crippen molar-refractivity contribution in [3.05, 3.63) is 59.7 Å². The van der Waals surface area contributed by atoms with Crippen LogP contribution in [0.25, 0.3) is 0 Å². The molecule has 2 atom stereocenters. The first-order valence-electron chi connectivity index (χ1n) is 11.3. The van der Waals surface area contributed by atoms with Crippen LogP contribution in [0.15, 0.2) is 48.5 Å². The van der Waals surface area contributed by atoms with Gasteiger partial charge in [-0.15, -0.1) is 0 Å². The van der Waals surface area contributed by atoms with E-state index in [1.165, 1.54) is 11.8 Å². The van der Waals surface area contributed by atoms with Gasteiger partial charge < -0.3 is 23.8 Å². The van der Waals surface area contributed by atoms with E-state index >= 15 is 0 Å². The molecule has 0 saturated carbocycles. The zero-order chi connectivity index (χ0) is 24.5. The second-order valence-electron chi connectivity index (χ2n) is 8.05. The number of carbonyl (C=O) groups excluding carboxylic acids is 3. The lowest BCUT2D eigenvalue weighted by Gasteiger charge is -2.36. The molecule has 34 heavy (non-hydrogen) atoms. The minimum absolute atomic E-state index is 0.166. The molecule has 0 spiro atoms. The van der Waals surface area contributed by atoms with Crippen molar-refractivity contribution in [1.82, 2.24) is 4.90 Å². The van der Waals surface area contributed by atoms with Crippen LogP contribution in [-0.2, 0) is 30.3 Å². The summed E-state index contributed by atoms with van der Waals surface area (Å²) in [5.74, 6) is -0.201.